The van der Waals surface area contributed by atoms with Crippen molar-refractivity contribution in [1.82, 2.24) is 0 Å². The Bertz CT molecular complexity index is 818. The van der Waals surface area contributed by atoms with E-state index in [1.54, 1.807) is 0 Å². The standard InChI is InChI=1S/C15H15ClN2O2S/c1-10-2-5-15-11(8-10)6-7-18(15)21(19,20)12-3-4-13(16)14(17)9-12/h2-5,8-9H,6-7,17H2,1H3. The van der Waals surface area contributed by atoms with Gasteiger partial charge in [0.1, 0.15) is 0 Å². The lowest BCUT2D eigenvalue weighted by molar-refractivity contribution is 0.592. The molecule has 0 aliphatic carbocycles. The van der Waals surface area contributed by atoms with Gasteiger partial charge in [0, 0.05) is 6.54 Å². The fourth-order valence-corrected chi connectivity index (χ4v) is 4.22. The van der Waals surface area contributed by atoms with Gasteiger partial charge in [-0.05, 0) is 43.2 Å². The first kappa shape index (κ1) is 14.2. The quantitative estimate of drug-likeness (QED) is 0.864. The number of aryl methyl sites for hydroxylation is 1. The third kappa shape index (κ3) is 2.36. The van der Waals surface area contributed by atoms with Gasteiger partial charge in [0.15, 0.2) is 0 Å². The molecule has 0 amide bonds. The Hall–Kier alpha value is -1.72. The van der Waals surface area contributed by atoms with Crippen LogP contribution in [0.5, 0.6) is 0 Å². The number of hydrogen-bond donors (Lipinski definition) is 1. The molecule has 0 fully saturated rings. The van der Waals surface area contributed by atoms with Crippen LogP contribution in [0.1, 0.15) is 11.1 Å². The normalized spacial score (nSPS) is 14.3. The van der Waals surface area contributed by atoms with E-state index in [0.29, 0.717) is 11.6 Å². The Morgan fingerprint density at radius 3 is 2.67 bits per heavy atom. The second-order valence-corrected chi connectivity index (χ2v) is 7.41. The van der Waals surface area contributed by atoms with Gasteiger partial charge in [-0.15, -0.1) is 0 Å². The van der Waals surface area contributed by atoms with Gasteiger partial charge in [-0.25, -0.2) is 8.42 Å². The van der Waals surface area contributed by atoms with Crippen LogP contribution in [-0.2, 0) is 16.4 Å². The summed E-state index contributed by atoms with van der Waals surface area (Å²) in [4.78, 5) is 0.165. The number of nitrogens with zero attached hydrogens (tertiary/aromatic N) is 1. The summed E-state index contributed by atoms with van der Waals surface area (Å²) in [5.41, 5.74) is 8.91. The molecule has 0 radical (unpaired) electrons. The number of rotatable bonds is 2. The maximum Gasteiger partial charge on any atom is 0.264 e. The van der Waals surface area contributed by atoms with Crippen molar-refractivity contribution in [2.24, 2.45) is 0 Å². The SMILES string of the molecule is Cc1ccc2c(c1)CCN2S(=O)(=O)c1ccc(Cl)c(N)c1. The van der Waals surface area contributed by atoms with Crippen molar-refractivity contribution in [2.45, 2.75) is 18.2 Å². The molecule has 0 aromatic heterocycles. The molecule has 2 aromatic carbocycles. The van der Waals surface area contributed by atoms with E-state index in [9.17, 15) is 8.42 Å². The molecule has 2 N–H and O–H groups in total. The van der Waals surface area contributed by atoms with Crippen molar-refractivity contribution < 1.29 is 8.42 Å². The van der Waals surface area contributed by atoms with Crippen molar-refractivity contribution >= 4 is 33.0 Å². The van der Waals surface area contributed by atoms with Gasteiger partial charge in [-0.3, -0.25) is 4.31 Å². The van der Waals surface area contributed by atoms with E-state index in [0.717, 1.165) is 23.2 Å². The van der Waals surface area contributed by atoms with E-state index in [1.807, 2.05) is 25.1 Å². The molecule has 4 nitrogen and oxygen atoms in total. The van der Waals surface area contributed by atoms with Crippen LogP contribution in [-0.4, -0.2) is 15.0 Å². The van der Waals surface area contributed by atoms with Crippen molar-refractivity contribution in [1.29, 1.82) is 0 Å². The first-order chi connectivity index (χ1) is 9.89. The van der Waals surface area contributed by atoms with Crippen LogP contribution < -0.4 is 10.0 Å². The van der Waals surface area contributed by atoms with Crippen molar-refractivity contribution in [3.63, 3.8) is 0 Å². The van der Waals surface area contributed by atoms with Crippen LogP contribution in [0.25, 0.3) is 0 Å². The Kier molecular flexibility index (Phi) is 3.34. The predicted molar refractivity (Wildman–Crippen MR) is 85.3 cm³/mol. The summed E-state index contributed by atoms with van der Waals surface area (Å²) in [6.07, 6.45) is 0.722. The lowest BCUT2D eigenvalue weighted by Crippen LogP contribution is -2.29. The fraction of sp³-hybridized carbons (Fsp3) is 0.200. The molecule has 1 heterocycles. The number of nitrogens with two attached hydrogens (primary N) is 1. The van der Waals surface area contributed by atoms with E-state index >= 15 is 0 Å². The van der Waals surface area contributed by atoms with Gasteiger partial charge in [0.05, 0.1) is 21.3 Å². The highest BCUT2D eigenvalue weighted by Gasteiger charge is 2.31. The zero-order chi connectivity index (χ0) is 15.2. The number of nitrogen functional groups attached to an aromatic ring is 1. The minimum Gasteiger partial charge on any atom is -0.397 e. The molecule has 2 aromatic rings. The Morgan fingerprint density at radius 1 is 1.19 bits per heavy atom. The predicted octanol–water partition coefficient (Wildman–Crippen LogP) is 2.98. The summed E-state index contributed by atoms with van der Waals surface area (Å²) in [6.45, 7) is 2.45. The highest BCUT2D eigenvalue weighted by molar-refractivity contribution is 7.92. The van der Waals surface area contributed by atoms with Gasteiger partial charge in [0.2, 0.25) is 0 Å². The summed E-state index contributed by atoms with van der Waals surface area (Å²) in [6, 6.07) is 10.2. The largest absolute Gasteiger partial charge is 0.397 e. The molecule has 0 atom stereocenters. The molecular weight excluding hydrogens is 308 g/mol. The monoisotopic (exact) mass is 322 g/mol. The number of anilines is 2. The Balaban J connectivity index is 2.07. The van der Waals surface area contributed by atoms with Gasteiger partial charge in [-0.2, -0.15) is 0 Å². The summed E-state index contributed by atoms with van der Waals surface area (Å²) in [5.74, 6) is 0. The molecule has 21 heavy (non-hydrogen) atoms. The van der Waals surface area contributed by atoms with Crippen molar-refractivity contribution in [3.8, 4) is 0 Å². The third-order valence-electron chi connectivity index (χ3n) is 3.64. The lowest BCUT2D eigenvalue weighted by Gasteiger charge is -2.20. The maximum atomic E-state index is 12.8. The second-order valence-electron chi connectivity index (χ2n) is 5.14. The molecule has 110 valence electrons. The molecule has 0 bridgehead atoms. The zero-order valence-electron chi connectivity index (χ0n) is 11.5. The summed E-state index contributed by atoms with van der Waals surface area (Å²) < 4.78 is 27.0. The number of sulfonamides is 1. The smallest absolute Gasteiger partial charge is 0.264 e. The Labute approximate surface area is 129 Å². The second kappa shape index (κ2) is 4.93. The Morgan fingerprint density at radius 2 is 1.95 bits per heavy atom. The third-order valence-corrected chi connectivity index (χ3v) is 5.80. The average Bonchev–Trinajstić information content (AvgIpc) is 2.85. The van der Waals surface area contributed by atoms with Crippen LogP contribution in [0, 0.1) is 6.92 Å². The topological polar surface area (TPSA) is 63.4 Å². The summed E-state index contributed by atoms with van der Waals surface area (Å²) in [5, 5.41) is 0.353. The summed E-state index contributed by atoms with van der Waals surface area (Å²) in [7, 11) is -3.61. The molecule has 0 spiro atoms. The molecule has 1 aliphatic heterocycles. The number of benzene rings is 2. The van der Waals surface area contributed by atoms with Crippen LogP contribution >= 0.6 is 11.6 Å². The van der Waals surface area contributed by atoms with Crippen LogP contribution in [0.2, 0.25) is 5.02 Å². The first-order valence-electron chi connectivity index (χ1n) is 6.57. The lowest BCUT2D eigenvalue weighted by atomic mass is 10.1. The number of fused-ring (bicyclic) bond motifs is 1. The van der Waals surface area contributed by atoms with Gasteiger partial charge >= 0.3 is 0 Å². The minimum absolute atomic E-state index is 0.165. The van der Waals surface area contributed by atoms with Crippen LogP contribution in [0.4, 0.5) is 11.4 Å². The molecular formula is C15H15ClN2O2S. The molecule has 0 saturated carbocycles. The molecule has 0 unspecified atom stereocenters. The van der Waals surface area contributed by atoms with E-state index < -0.39 is 10.0 Å². The number of hydrogen-bond acceptors (Lipinski definition) is 3. The van der Waals surface area contributed by atoms with Crippen LogP contribution in [0.15, 0.2) is 41.3 Å². The first-order valence-corrected chi connectivity index (χ1v) is 8.39. The summed E-state index contributed by atoms with van der Waals surface area (Å²) >= 11 is 5.86. The van der Waals surface area contributed by atoms with E-state index in [-0.39, 0.29) is 10.6 Å². The highest BCUT2D eigenvalue weighted by Crippen LogP contribution is 2.34. The van der Waals surface area contributed by atoms with Gasteiger partial charge < -0.3 is 5.73 Å². The minimum atomic E-state index is -3.61. The maximum absolute atomic E-state index is 12.8. The van der Waals surface area contributed by atoms with E-state index in [4.69, 9.17) is 17.3 Å². The molecule has 6 heteroatoms. The fourth-order valence-electron chi connectivity index (χ4n) is 2.56. The van der Waals surface area contributed by atoms with Gasteiger partial charge in [0.25, 0.3) is 10.0 Å². The molecule has 0 saturated heterocycles. The van der Waals surface area contributed by atoms with E-state index in [1.165, 1.54) is 22.5 Å². The van der Waals surface area contributed by atoms with E-state index in [2.05, 4.69) is 0 Å². The van der Waals surface area contributed by atoms with Crippen LogP contribution in [0.3, 0.4) is 0 Å². The zero-order valence-corrected chi connectivity index (χ0v) is 13.1. The molecule has 3 rings (SSSR count). The highest BCUT2D eigenvalue weighted by atomic mass is 35.5. The van der Waals surface area contributed by atoms with Gasteiger partial charge in [-0.1, -0.05) is 29.3 Å². The molecule has 1 aliphatic rings. The van der Waals surface area contributed by atoms with Crippen molar-refractivity contribution in [2.75, 3.05) is 16.6 Å². The average molecular weight is 323 g/mol. The van der Waals surface area contributed by atoms with Crippen molar-refractivity contribution in [3.05, 3.63) is 52.5 Å². The number of halogens is 1.